The molecule has 1 aliphatic rings. The fourth-order valence-electron chi connectivity index (χ4n) is 3.18. The van der Waals surface area contributed by atoms with E-state index in [2.05, 4.69) is 36.2 Å². The standard InChI is InChI=1S/C18H17BrN8O/c1-10(17-23-22-15-6-4-12(19)8-25(15)17)13-5-7-14-21-16(9-26(14)24-13)27(20)18(28)11-2-3-11/h4-11H,2-3,20H2,1H3. The van der Waals surface area contributed by atoms with Crippen LogP contribution in [0, 0.1) is 5.92 Å². The summed E-state index contributed by atoms with van der Waals surface area (Å²) in [5, 5.41) is 14.3. The van der Waals surface area contributed by atoms with Crippen molar-refractivity contribution in [2.75, 3.05) is 5.01 Å². The molecule has 28 heavy (non-hydrogen) atoms. The van der Waals surface area contributed by atoms with Crippen LogP contribution >= 0.6 is 15.9 Å². The number of pyridine rings is 1. The molecule has 10 heteroatoms. The quantitative estimate of drug-likeness (QED) is 0.296. The molecule has 0 saturated heterocycles. The Balaban J connectivity index is 1.50. The Kier molecular flexibility index (Phi) is 3.91. The number of rotatable bonds is 4. The van der Waals surface area contributed by atoms with Crippen molar-refractivity contribution in [2.24, 2.45) is 11.8 Å². The summed E-state index contributed by atoms with van der Waals surface area (Å²) < 4.78 is 4.52. The van der Waals surface area contributed by atoms with E-state index in [4.69, 9.17) is 5.84 Å². The second-order valence-electron chi connectivity index (χ2n) is 7.00. The number of imidazole rings is 1. The fraction of sp³-hybridized carbons (Fsp3) is 0.278. The molecule has 1 atom stereocenters. The summed E-state index contributed by atoms with van der Waals surface area (Å²) >= 11 is 3.48. The van der Waals surface area contributed by atoms with Gasteiger partial charge in [0.1, 0.15) is 5.82 Å². The van der Waals surface area contributed by atoms with Crippen LogP contribution in [0.25, 0.3) is 11.3 Å². The molecule has 0 bridgehead atoms. The zero-order valence-electron chi connectivity index (χ0n) is 15.0. The fourth-order valence-corrected chi connectivity index (χ4v) is 3.52. The Morgan fingerprint density at radius 2 is 2.00 bits per heavy atom. The van der Waals surface area contributed by atoms with Gasteiger partial charge in [-0.3, -0.25) is 9.20 Å². The van der Waals surface area contributed by atoms with Crippen LogP contribution in [0.5, 0.6) is 0 Å². The molecular formula is C18H17BrN8O. The first-order valence-electron chi connectivity index (χ1n) is 8.96. The number of fused-ring (bicyclic) bond motifs is 2. The number of hydrazine groups is 1. The maximum Gasteiger partial charge on any atom is 0.245 e. The molecule has 4 aromatic rings. The van der Waals surface area contributed by atoms with Crippen LogP contribution in [0.4, 0.5) is 5.82 Å². The molecule has 0 aromatic carbocycles. The minimum atomic E-state index is -0.0995. The van der Waals surface area contributed by atoms with Crippen molar-refractivity contribution in [1.29, 1.82) is 0 Å². The van der Waals surface area contributed by atoms with Gasteiger partial charge < -0.3 is 0 Å². The summed E-state index contributed by atoms with van der Waals surface area (Å²) in [6.45, 7) is 2.02. The van der Waals surface area contributed by atoms with Gasteiger partial charge in [-0.05, 0) is 60.0 Å². The predicted molar refractivity (Wildman–Crippen MR) is 106 cm³/mol. The van der Waals surface area contributed by atoms with Gasteiger partial charge in [-0.2, -0.15) is 5.10 Å². The third kappa shape index (κ3) is 2.85. The Labute approximate surface area is 168 Å². The molecule has 2 N–H and O–H groups in total. The lowest BCUT2D eigenvalue weighted by Crippen LogP contribution is -2.38. The lowest BCUT2D eigenvalue weighted by Gasteiger charge is -2.11. The highest BCUT2D eigenvalue weighted by molar-refractivity contribution is 9.10. The number of anilines is 1. The lowest BCUT2D eigenvalue weighted by molar-refractivity contribution is -0.119. The first-order valence-corrected chi connectivity index (χ1v) is 9.76. The van der Waals surface area contributed by atoms with E-state index < -0.39 is 0 Å². The predicted octanol–water partition coefficient (Wildman–Crippen LogP) is 2.30. The molecule has 1 amide bonds. The van der Waals surface area contributed by atoms with Crippen molar-refractivity contribution in [2.45, 2.75) is 25.7 Å². The molecule has 1 unspecified atom stereocenters. The van der Waals surface area contributed by atoms with E-state index >= 15 is 0 Å². The summed E-state index contributed by atoms with van der Waals surface area (Å²) in [7, 11) is 0. The van der Waals surface area contributed by atoms with Crippen LogP contribution in [-0.4, -0.2) is 35.1 Å². The highest BCUT2D eigenvalue weighted by atomic mass is 79.9. The van der Waals surface area contributed by atoms with Crippen LogP contribution in [0.15, 0.2) is 41.1 Å². The molecule has 142 valence electrons. The number of carbonyl (C=O) groups is 1. The number of nitrogens with zero attached hydrogens (tertiary/aromatic N) is 7. The summed E-state index contributed by atoms with van der Waals surface area (Å²) in [5.74, 6) is 6.96. The van der Waals surface area contributed by atoms with Gasteiger partial charge in [0.2, 0.25) is 5.91 Å². The third-order valence-corrected chi connectivity index (χ3v) is 5.43. The average molecular weight is 441 g/mol. The van der Waals surface area contributed by atoms with Crippen molar-refractivity contribution in [3.8, 4) is 0 Å². The van der Waals surface area contributed by atoms with Crippen molar-refractivity contribution < 1.29 is 4.79 Å². The topological polar surface area (TPSA) is 107 Å². The number of nitrogens with two attached hydrogens (primary N) is 1. The summed E-state index contributed by atoms with van der Waals surface area (Å²) in [6, 6.07) is 7.59. The Morgan fingerprint density at radius 1 is 1.21 bits per heavy atom. The minimum absolute atomic E-state index is 0.0268. The number of hydrogen-bond donors (Lipinski definition) is 1. The van der Waals surface area contributed by atoms with Gasteiger partial charge in [-0.15, -0.1) is 10.2 Å². The average Bonchev–Trinajstić information content (AvgIpc) is 3.33. The Bertz CT molecular complexity index is 1210. The smallest absolute Gasteiger partial charge is 0.245 e. The van der Waals surface area contributed by atoms with Crippen LogP contribution in [0.2, 0.25) is 0 Å². The van der Waals surface area contributed by atoms with Crippen LogP contribution in [0.1, 0.15) is 37.2 Å². The van der Waals surface area contributed by atoms with Gasteiger partial charge in [-0.25, -0.2) is 20.4 Å². The Morgan fingerprint density at radius 3 is 2.79 bits per heavy atom. The molecule has 5 rings (SSSR count). The van der Waals surface area contributed by atoms with Gasteiger partial charge in [0, 0.05) is 16.6 Å². The highest BCUT2D eigenvalue weighted by Crippen LogP contribution is 2.31. The van der Waals surface area contributed by atoms with Crippen LogP contribution in [0.3, 0.4) is 0 Å². The third-order valence-electron chi connectivity index (χ3n) is 4.96. The van der Waals surface area contributed by atoms with Gasteiger partial charge in [0.05, 0.1) is 17.8 Å². The van der Waals surface area contributed by atoms with E-state index in [-0.39, 0.29) is 17.7 Å². The second-order valence-corrected chi connectivity index (χ2v) is 7.91. The van der Waals surface area contributed by atoms with E-state index in [1.165, 1.54) is 0 Å². The molecule has 4 aromatic heterocycles. The molecule has 9 nitrogen and oxygen atoms in total. The molecule has 0 aliphatic heterocycles. The number of carbonyl (C=O) groups excluding carboxylic acids is 1. The zero-order valence-corrected chi connectivity index (χ0v) is 16.6. The first-order chi connectivity index (χ1) is 13.5. The van der Waals surface area contributed by atoms with E-state index in [0.717, 1.165) is 39.5 Å². The van der Waals surface area contributed by atoms with Gasteiger partial charge >= 0.3 is 0 Å². The monoisotopic (exact) mass is 440 g/mol. The van der Waals surface area contributed by atoms with Crippen LogP contribution in [-0.2, 0) is 4.79 Å². The van der Waals surface area contributed by atoms with Gasteiger partial charge in [0.25, 0.3) is 0 Å². The number of halogens is 1. The van der Waals surface area contributed by atoms with Crippen molar-refractivity contribution in [1.82, 2.24) is 29.2 Å². The maximum atomic E-state index is 12.2. The van der Waals surface area contributed by atoms with E-state index in [1.807, 2.05) is 41.8 Å². The highest BCUT2D eigenvalue weighted by Gasteiger charge is 2.34. The van der Waals surface area contributed by atoms with Gasteiger partial charge in [0.15, 0.2) is 17.1 Å². The molecule has 1 aliphatic carbocycles. The summed E-state index contributed by atoms with van der Waals surface area (Å²) in [6.07, 6.45) is 5.39. The largest absolute Gasteiger partial charge is 0.285 e. The SMILES string of the molecule is CC(c1ccc2nc(N(N)C(=O)C3CC3)cn2n1)c1nnc2ccc(Br)cn12. The van der Waals surface area contributed by atoms with Crippen molar-refractivity contribution in [3.63, 3.8) is 0 Å². The second kappa shape index (κ2) is 6.35. The van der Waals surface area contributed by atoms with E-state index in [9.17, 15) is 4.79 Å². The molecular weight excluding hydrogens is 424 g/mol. The summed E-state index contributed by atoms with van der Waals surface area (Å²) in [4.78, 5) is 16.6. The number of amides is 1. The van der Waals surface area contributed by atoms with Crippen molar-refractivity contribution in [3.05, 3.63) is 52.7 Å². The normalized spacial score (nSPS) is 15.2. The van der Waals surface area contributed by atoms with E-state index in [0.29, 0.717) is 11.5 Å². The van der Waals surface area contributed by atoms with E-state index in [1.54, 1.807) is 10.7 Å². The molecule has 4 heterocycles. The molecule has 0 radical (unpaired) electrons. The molecule has 0 spiro atoms. The van der Waals surface area contributed by atoms with Gasteiger partial charge in [-0.1, -0.05) is 0 Å². The van der Waals surface area contributed by atoms with Crippen LogP contribution < -0.4 is 10.9 Å². The Hall–Kier alpha value is -2.85. The first kappa shape index (κ1) is 17.3. The molecule has 1 fully saturated rings. The molecule has 1 saturated carbocycles. The number of hydrogen-bond acceptors (Lipinski definition) is 6. The van der Waals surface area contributed by atoms with Crippen molar-refractivity contribution >= 4 is 38.9 Å². The minimum Gasteiger partial charge on any atom is -0.285 e. The lowest BCUT2D eigenvalue weighted by atomic mass is 10.1. The number of aromatic nitrogens is 6. The zero-order chi connectivity index (χ0) is 19.4. The summed E-state index contributed by atoms with van der Waals surface area (Å²) in [5.41, 5.74) is 2.20. The maximum absolute atomic E-state index is 12.2.